The smallest absolute Gasteiger partial charge is 0.157 e. The van der Waals surface area contributed by atoms with Crippen molar-refractivity contribution < 1.29 is 4.74 Å². The lowest BCUT2D eigenvalue weighted by Crippen LogP contribution is -1.99. The fourth-order valence-corrected chi connectivity index (χ4v) is 2.26. The Balaban J connectivity index is 1.70. The Morgan fingerprint density at radius 3 is 2.50 bits per heavy atom. The summed E-state index contributed by atoms with van der Waals surface area (Å²) < 4.78 is 5.67. The van der Waals surface area contributed by atoms with E-state index in [1.165, 1.54) is 0 Å². The van der Waals surface area contributed by atoms with Crippen molar-refractivity contribution in [3.8, 4) is 0 Å². The molecule has 0 aliphatic carbocycles. The molecule has 1 atom stereocenters. The van der Waals surface area contributed by atoms with Gasteiger partial charge in [-0.2, -0.15) is 0 Å². The predicted molar refractivity (Wildman–Crippen MR) is 81.6 cm³/mol. The number of nitrogens with zero attached hydrogens (tertiary/aromatic N) is 1. The van der Waals surface area contributed by atoms with Gasteiger partial charge in [-0.25, -0.2) is 0 Å². The van der Waals surface area contributed by atoms with Crippen molar-refractivity contribution in [1.82, 2.24) is 4.98 Å². The zero-order valence-electron chi connectivity index (χ0n) is 10.9. The summed E-state index contributed by atoms with van der Waals surface area (Å²) in [5, 5.41) is 1.13. The lowest BCUT2D eigenvalue weighted by Gasteiger charge is -2.11. The van der Waals surface area contributed by atoms with Crippen LogP contribution in [0.5, 0.6) is 0 Å². The highest BCUT2D eigenvalue weighted by Gasteiger charge is 2.08. The van der Waals surface area contributed by atoms with E-state index in [0.29, 0.717) is 6.61 Å². The fourth-order valence-electron chi connectivity index (χ4n) is 2.05. The number of alkyl halides is 1. The minimum Gasteiger partial charge on any atom is -0.352 e. The SMILES string of the molecule is ClC(OCc1ccc2ccccc2n1)c1ccccc1. The fraction of sp³-hybridized carbons (Fsp3) is 0.118. The van der Waals surface area contributed by atoms with Crippen LogP contribution >= 0.6 is 11.6 Å². The second-order valence-electron chi connectivity index (χ2n) is 4.53. The van der Waals surface area contributed by atoms with E-state index in [1.54, 1.807) is 0 Å². The summed E-state index contributed by atoms with van der Waals surface area (Å²) in [6.07, 6.45) is 0. The van der Waals surface area contributed by atoms with E-state index in [4.69, 9.17) is 16.3 Å². The van der Waals surface area contributed by atoms with E-state index >= 15 is 0 Å². The molecular weight excluding hydrogens is 270 g/mol. The molecule has 2 aromatic carbocycles. The Hall–Kier alpha value is -1.90. The molecule has 3 aromatic rings. The van der Waals surface area contributed by atoms with Crippen LogP contribution in [0.15, 0.2) is 66.7 Å². The molecule has 1 heterocycles. The normalized spacial score (nSPS) is 12.4. The molecule has 20 heavy (non-hydrogen) atoms. The summed E-state index contributed by atoms with van der Waals surface area (Å²) in [6, 6.07) is 21.8. The first-order chi connectivity index (χ1) is 9.83. The highest BCUT2D eigenvalue weighted by Crippen LogP contribution is 2.23. The first-order valence-corrected chi connectivity index (χ1v) is 6.92. The average Bonchev–Trinajstić information content (AvgIpc) is 2.53. The summed E-state index contributed by atoms with van der Waals surface area (Å²) in [4.78, 5) is 4.56. The molecule has 0 spiro atoms. The van der Waals surface area contributed by atoms with Gasteiger partial charge < -0.3 is 4.74 Å². The van der Waals surface area contributed by atoms with Crippen LogP contribution in [0.2, 0.25) is 0 Å². The predicted octanol–water partition coefficient (Wildman–Crippen LogP) is 4.69. The second-order valence-corrected chi connectivity index (χ2v) is 4.93. The summed E-state index contributed by atoms with van der Waals surface area (Å²) in [6.45, 7) is 0.397. The first kappa shape index (κ1) is 13.1. The van der Waals surface area contributed by atoms with Gasteiger partial charge in [0.05, 0.1) is 17.8 Å². The Morgan fingerprint density at radius 1 is 0.900 bits per heavy atom. The van der Waals surface area contributed by atoms with Gasteiger partial charge in [0.15, 0.2) is 5.56 Å². The lowest BCUT2D eigenvalue weighted by molar-refractivity contribution is 0.0921. The molecule has 0 amide bonds. The van der Waals surface area contributed by atoms with Crippen molar-refractivity contribution in [1.29, 1.82) is 0 Å². The van der Waals surface area contributed by atoms with Crippen molar-refractivity contribution >= 4 is 22.5 Å². The van der Waals surface area contributed by atoms with Gasteiger partial charge in [-0.05, 0) is 17.7 Å². The number of pyridine rings is 1. The molecule has 3 heteroatoms. The molecule has 0 fully saturated rings. The molecule has 2 nitrogen and oxygen atoms in total. The minimum atomic E-state index is -0.454. The van der Waals surface area contributed by atoms with Gasteiger partial charge in [0.1, 0.15) is 0 Å². The zero-order chi connectivity index (χ0) is 13.8. The quantitative estimate of drug-likeness (QED) is 0.648. The van der Waals surface area contributed by atoms with Crippen molar-refractivity contribution in [2.24, 2.45) is 0 Å². The summed E-state index contributed by atoms with van der Waals surface area (Å²) >= 11 is 6.22. The molecule has 1 unspecified atom stereocenters. The van der Waals surface area contributed by atoms with Crippen LogP contribution in [0.1, 0.15) is 16.8 Å². The van der Waals surface area contributed by atoms with Crippen LogP contribution < -0.4 is 0 Å². The highest BCUT2D eigenvalue weighted by molar-refractivity contribution is 6.19. The topological polar surface area (TPSA) is 22.1 Å². The van der Waals surface area contributed by atoms with Crippen molar-refractivity contribution in [3.63, 3.8) is 0 Å². The van der Waals surface area contributed by atoms with E-state index in [0.717, 1.165) is 22.2 Å². The molecule has 0 saturated heterocycles. The monoisotopic (exact) mass is 283 g/mol. The number of rotatable bonds is 4. The van der Waals surface area contributed by atoms with Gasteiger partial charge in [-0.15, -0.1) is 0 Å². The second kappa shape index (κ2) is 6.04. The Morgan fingerprint density at radius 2 is 1.65 bits per heavy atom. The first-order valence-electron chi connectivity index (χ1n) is 6.48. The van der Waals surface area contributed by atoms with Crippen LogP contribution in [-0.2, 0) is 11.3 Å². The van der Waals surface area contributed by atoms with Crippen LogP contribution in [0.25, 0.3) is 10.9 Å². The molecule has 0 bridgehead atoms. The van der Waals surface area contributed by atoms with Gasteiger partial charge in [0.2, 0.25) is 0 Å². The van der Waals surface area contributed by atoms with Crippen molar-refractivity contribution in [2.75, 3.05) is 0 Å². The van der Waals surface area contributed by atoms with E-state index in [9.17, 15) is 0 Å². The summed E-state index contributed by atoms with van der Waals surface area (Å²) in [7, 11) is 0. The molecule has 0 radical (unpaired) electrons. The molecule has 0 saturated carbocycles. The Kier molecular flexibility index (Phi) is 3.95. The Bertz CT molecular complexity index is 699. The van der Waals surface area contributed by atoms with Gasteiger partial charge in [-0.1, -0.05) is 66.2 Å². The van der Waals surface area contributed by atoms with E-state index < -0.39 is 5.56 Å². The number of benzene rings is 2. The zero-order valence-corrected chi connectivity index (χ0v) is 11.6. The average molecular weight is 284 g/mol. The van der Waals surface area contributed by atoms with Crippen molar-refractivity contribution in [3.05, 3.63) is 78.0 Å². The Labute approximate surface area is 123 Å². The van der Waals surface area contributed by atoms with Gasteiger partial charge in [0.25, 0.3) is 0 Å². The third-order valence-corrected chi connectivity index (χ3v) is 3.47. The van der Waals surface area contributed by atoms with Crippen molar-refractivity contribution in [2.45, 2.75) is 12.2 Å². The molecule has 3 rings (SSSR count). The molecular formula is C17H14ClNO. The van der Waals surface area contributed by atoms with Crippen LogP contribution in [0.4, 0.5) is 0 Å². The number of fused-ring (bicyclic) bond motifs is 1. The standard InChI is InChI=1S/C17H14ClNO/c18-17(14-7-2-1-3-8-14)20-12-15-11-10-13-6-4-5-9-16(13)19-15/h1-11,17H,12H2. The number of para-hydroxylation sites is 1. The highest BCUT2D eigenvalue weighted by atomic mass is 35.5. The third-order valence-electron chi connectivity index (χ3n) is 3.10. The van der Waals surface area contributed by atoms with Crippen LogP contribution in [0.3, 0.4) is 0 Å². The molecule has 0 aliphatic rings. The molecule has 0 N–H and O–H groups in total. The largest absolute Gasteiger partial charge is 0.352 e. The maximum Gasteiger partial charge on any atom is 0.157 e. The third kappa shape index (κ3) is 2.98. The summed E-state index contributed by atoms with van der Waals surface area (Å²) in [5.41, 5.74) is 2.35. The van der Waals surface area contributed by atoms with E-state index in [1.807, 2.05) is 66.7 Å². The van der Waals surface area contributed by atoms with Crippen LogP contribution in [0, 0.1) is 0 Å². The van der Waals surface area contributed by atoms with Gasteiger partial charge >= 0.3 is 0 Å². The van der Waals surface area contributed by atoms with Gasteiger partial charge in [0, 0.05) is 5.39 Å². The molecule has 0 aliphatic heterocycles. The number of hydrogen-bond acceptors (Lipinski definition) is 2. The maximum atomic E-state index is 6.22. The molecule has 1 aromatic heterocycles. The van der Waals surface area contributed by atoms with Crippen LogP contribution in [-0.4, -0.2) is 4.98 Å². The number of aromatic nitrogens is 1. The maximum absolute atomic E-state index is 6.22. The lowest BCUT2D eigenvalue weighted by atomic mass is 10.2. The number of halogens is 1. The number of ether oxygens (including phenoxy) is 1. The molecule has 100 valence electrons. The minimum absolute atomic E-state index is 0.397. The van der Waals surface area contributed by atoms with Gasteiger partial charge in [-0.3, -0.25) is 4.98 Å². The summed E-state index contributed by atoms with van der Waals surface area (Å²) in [5.74, 6) is 0. The number of hydrogen-bond donors (Lipinski definition) is 0. The van der Waals surface area contributed by atoms with E-state index in [-0.39, 0.29) is 0 Å². The van der Waals surface area contributed by atoms with E-state index in [2.05, 4.69) is 4.98 Å².